The van der Waals surface area contributed by atoms with Gasteiger partial charge in [0.05, 0.1) is 19.2 Å². The number of amides is 3. The minimum Gasteiger partial charge on any atom is -0.496 e. The number of methoxy groups -OCH3 is 1. The lowest BCUT2D eigenvalue weighted by atomic mass is 9.92. The smallest absolute Gasteiger partial charge is 0.387 e. The third-order valence-corrected chi connectivity index (χ3v) is 4.70. The first kappa shape index (κ1) is 21.2. The van der Waals surface area contributed by atoms with Crippen LogP contribution in [0, 0.1) is 5.82 Å². The molecule has 0 aliphatic carbocycles. The molecule has 1 aliphatic heterocycles. The van der Waals surface area contributed by atoms with E-state index in [1.54, 1.807) is 0 Å². The van der Waals surface area contributed by atoms with E-state index in [0.717, 1.165) is 12.1 Å². The molecule has 1 N–H and O–H groups in total. The SMILES string of the molecule is COc1ccc(F)cc1C(=O)CN1C(=O)N[C@@](C)(c2ccc(OC(F)F)cc2)C1=O. The van der Waals surface area contributed by atoms with Crippen LogP contribution in [0.4, 0.5) is 18.0 Å². The molecule has 1 fully saturated rings. The summed E-state index contributed by atoms with van der Waals surface area (Å²) >= 11 is 0. The Bertz CT molecular complexity index is 996. The van der Waals surface area contributed by atoms with Gasteiger partial charge in [-0.2, -0.15) is 8.78 Å². The van der Waals surface area contributed by atoms with E-state index in [0.29, 0.717) is 10.5 Å². The van der Waals surface area contributed by atoms with E-state index < -0.39 is 42.2 Å². The number of Topliss-reactive ketones (excluding diaryl/α,β-unsaturated/α-hetero) is 1. The highest BCUT2D eigenvalue weighted by atomic mass is 19.3. The zero-order valence-electron chi connectivity index (χ0n) is 15.9. The molecule has 158 valence electrons. The first-order valence-corrected chi connectivity index (χ1v) is 8.72. The van der Waals surface area contributed by atoms with E-state index in [9.17, 15) is 27.6 Å². The fourth-order valence-electron chi connectivity index (χ4n) is 3.13. The van der Waals surface area contributed by atoms with Gasteiger partial charge in [0, 0.05) is 0 Å². The van der Waals surface area contributed by atoms with Crippen molar-refractivity contribution < 1.29 is 37.0 Å². The topological polar surface area (TPSA) is 84.9 Å². The number of imide groups is 1. The summed E-state index contributed by atoms with van der Waals surface area (Å²) in [5.41, 5.74) is -1.33. The molecular formula is C20H17F3N2O5. The molecule has 1 aliphatic rings. The minimum absolute atomic E-state index is 0.103. The highest BCUT2D eigenvalue weighted by Crippen LogP contribution is 2.31. The molecule has 3 amide bonds. The van der Waals surface area contributed by atoms with Crippen molar-refractivity contribution >= 4 is 17.7 Å². The molecule has 0 saturated carbocycles. The van der Waals surface area contributed by atoms with Gasteiger partial charge < -0.3 is 14.8 Å². The quantitative estimate of drug-likeness (QED) is 0.548. The normalized spacial score (nSPS) is 18.5. The van der Waals surface area contributed by atoms with Gasteiger partial charge in [0.15, 0.2) is 5.78 Å². The number of carbonyl (C=O) groups excluding carboxylic acids is 3. The van der Waals surface area contributed by atoms with E-state index in [-0.39, 0.29) is 17.1 Å². The van der Waals surface area contributed by atoms with Gasteiger partial charge in [0.2, 0.25) is 0 Å². The zero-order chi connectivity index (χ0) is 22.1. The van der Waals surface area contributed by atoms with Crippen LogP contribution in [0.3, 0.4) is 0 Å². The molecular weight excluding hydrogens is 405 g/mol. The van der Waals surface area contributed by atoms with Gasteiger partial charge in [0.25, 0.3) is 5.91 Å². The third-order valence-electron chi connectivity index (χ3n) is 4.70. The van der Waals surface area contributed by atoms with Gasteiger partial charge in [-0.05, 0) is 42.8 Å². The Morgan fingerprint density at radius 1 is 1.17 bits per heavy atom. The predicted octanol–water partition coefficient (Wildman–Crippen LogP) is 3.09. The van der Waals surface area contributed by atoms with Crippen LogP contribution in [0.2, 0.25) is 0 Å². The number of rotatable bonds is 7. The lowest BCUT2D eigenvalue weighted by Gasteiger charge is -2.22. The Kier molecular flexibility index (Phi) is 5.68. The number of urea groups is 1. The van der Waals surface area contributed by atoms with Gasteiger partial charge >= 0.3 is 12.6 Å². The summed E-state index contributed by atoms with van der Waals surface area (Å²) in [5, 5.41) is 2.49. The number of halogens is 3. The summed E-state index contributed by atoms with van der Waals surface area (Å²) in [7, 11) is 1.30. The van der Waals surface area contributed by atoms with Crippen molar-refractivity contribution in [2.24, 2.45) is 0 Å². The van der Waals surface area contributed by atoms with Crippen LogP contribution in [0.25, 0.3) is 0 Å². The van der Waals surface area contributed by atoms with Crippen LogP contribution < -0.4 is 14.8 Å². The molecule has 0 bridgehead atoms. The van der Waals surface area contributed by atoms with Gasteiger partial charge in [-0.25, -0.2) is 9.18 Å². The maximum atomic E-state index is 13.5. The van der Waals surface area contributed by atoms with Crippen LogP contribution in [0.1, 0.15) is 22.8 Å². The summed E-state index contributed by atoms with van der Waals surface area (Å²) in [5.74, 6) is -2.10. The van der Waals surface area contributed by atoms with Crippen LogP contribution >= 0.6 is 0 Å². The first-order valence-electron chi connectivity index (χ1n) is 8.72. The van der Waals surface area contributed by atoms with Crippen molar-refractivity contribution in [3.05, 3.63) is 59.4 Å². The molecule has 1 saturated heterocycles. The van der Waals surface area contributed by atoms with E-state index in [1.807, 2.05) is 0 Å². The third kappa shape index (κ3) is 3.93. The van der Waals surface area contributed by atoms with Crippen LogP contribution in [-0.4, -0.2) is 42.9 Å². The van der Waals surface area contributed by atoms with Gasteiger partial charge in [-0.15, -0.1) is 0 Å². The van der Waals surface area contributed by atoms with Crippen LogP contribution in [-0.2, 0) is 10.3 Å². The van der Waals surface area contributed by atoms with E-state index in [1.165, 1.54) is 44.4 Å². The number of hydrogen-bond acceptors (Lipinski definition) is 5. The van der Waals surface area contributed by atoms with Crippen LogP contribution in [0.15, 0.2) is 42.5 Å². The Labute approximate surface area is 169 Å². The second kappa shape index (κ2) is 8.05. The molecule has 3 rings (SSSR count). The van der Waals surface area contributed by atoms with Gasteiger partial charge in [-0.3, -0.25) is 14.5 Å². The average molecular weight is 422 g/mol. The summed E-state index contributed by atoms with van der Waals surface area (Å²) in [6.07, 6.45) is 0. The number of hydrogen-bond donors (Lipinski definition) is 1. The molecule has 30 heavy (non-hydrogen) atoms. The molecule has 0 spiro atoms. The molecule has 1 heterocycles. The molecule has 2 aromatic rings. The number of ether oxygens (including phenoxy) is 2. The molecule has 0 aromatic heterocycles. The molecule has 10 heteroatoms. The van der Waals surface area contributed by atoms with Crippen molar-refractivity contribution in [3.63, 3.8) is 0 Å². The highest BCUT2D eigenvalue weighted by Gasteiger charge is 2.49. The van der Waals surface area contributed by atoms with Crippen molar-refractivity contribution in [2.45, 2.75) is 19.1 Å². The number of nitrogens with zero attached hydrogens (tertiary/aromatic N) is 1. The minimum atomic E-state index is -3.00. The maximum absolute atomic E-state index is 13.5. The van der Waals surface area contributed by atoms with E-state index in [4.69, 9.17) is 4.74 Å². The average Bonchev–Trinajstić information content (AvgIpc) is 2.92. The number of ketones is 1. The monoisotopic (exact) mass is 422 g/mol. The molecule has 0 unspecified atom stereocenters. The molecule has 1 atom stereocenters. The standard InChI is InChI=1S/C20H17F3N2O5/c1-20(11-3-6-13(7-4-11)30-18(22)23)17(27)25(19(28)24-20)10-15(26)14-9-12(21)5-8-16(14)29-2/h3-9,18H,10H2,1-2H3,(H,24,28)/t20-/m0/s1. The molecule has 2 aromatic carbocycles. The fourth-order valence-corrected chi connectivity index (χ4v) is 3.13. The summed E-state index contributed by atoms with van der Waals surface area (Å²) in [6.45, 7) is -2.21. The molecule has 7 nitrogen and oxygen atoms in total. The lowest BCUT2D eigenvalue weighted by Crippen LogP contribution is -2.41. The zero-order valence-corrected chi connectivity index (χ0v) is 15.9. The van der Waals surface area contributed by atoms with Crippen molar-refractivity contribution in [2.75, 3.05) is 13.7 Å². The number of alkyl halides is 2. The number of nitrogens with one attached hydrogen (secondary N) is 1. The lowest BCUT2D eigenvalue weighted by molar-refractivity contribution is -0.130. The van der Waals surface area contributed by atoms with E-state index in [2.05, 4.69) is 10.1 Å². The van der Waals surface area contributed by atoms with Crippen LogP contribution in [0.5, 0.6) is 11.5 Å². The summed E-state index contributed by atoms with van der Waals surface area (Å²) < 4.78 is 47.4. The van der Waals surface area contributed by atoms with E-state index >= 15 is 0 Å². The Balaban J connectivity index is 1.82. The molecule has 0 radical (unpaired) electrons. The van der Waals surface area contributed by atoms with Crippen molar-refractivity contribution in [1.82, 2.24) is 10.2 Å². The number of carbonyl (C=O) groups is 3. The highest BCUT2D eigenvalue weighted by molar-refractivity contribution is 6.11. The Hall–Kier alpha value is -3.56. The van der Waals surface area contributed by atoms with Gasteiger partial charge in [0.1, 0.15) is 22.9 Å². The van der Waals surface area contributed by atoms with Gasteiger partial charge in [-0.1, -0.05) is 12.1 Å². The number of benzene rings is 2. The Morgan fingerprint density at radius 2 is 1.83 bits per heavy atom. The van der Waals surface area contributed by atoms with Crippen molar-refractivity contribution in [3.8, 4) is 11.5 Å². The predicted molar refractivity (Wildman–Crippen MR) is 98.0 cm³/mol. The first-order chi connectivity index (χ1) is 14.2. The largest absolute Gasteiger partial charge is 0.496 e. The second-order valence-electron chi connectivity index (χ2n) is 6.62. The fraction of sp³-hybridized carbons (Fsp3) is 0.250. The Morgan fingerprint density at radius 3 is 2.43 bits per heavy atom. The maximum Gasteiger partial charge on any atom is 0.387 e. The van der Waals surface area contributed by atoms with Crippen molar-refractivity contribution in [1.29, 1.82) is 0 Å². The summed E-state index contributed by atoms with van der Waals surface area (Å²) in [4.78, 5) is 38.6. The summed E-state index contributed by atoms with van der Waals surface area (Å²) in [6, 6.07) is 7.70. The second-order valence-corrected chi connectivity index (χ2v) is 6.62.